The monoisotopic (exact) mass is 308 g/mol. The van der Waals surface area contributed by atoms with Crippen LogP contribution in [-0.2, 0) is 0 Å². The summed E-state index contributed by atoms with van der Waals surface area (Å²) in [5.41, 5.74) is 0. The van der Waals surface area contributed by atoms with Gasteiger partial charge in [0.05, 0.1) is 0 Å². The standard InChI is InChI=1S/C19H36N2O/c1-2-3-11-21-15-16-8-6-12-20-13-7-9-17(19(16)20)18(21)10-4-5-14-22/h16-19,22H,2-15H2,1H3/t16-,17-,18-,19+/m1/s1. The molecule has 3 aliphatic rings. The van der Waals surface area contributed by atoms with Crippen molar-refractivity contribution in [1.29, 1.82) is 0 Å². The zero-order valence-electron chi connectivity index (χ0n) is 14.6. The number of rotatable bonds is 7. The molecule has 22 heavy (non-hydrogen) atoms. The summed E-state index contributed by atoms with van der Waals surface area (Å²) in [6, 6.07) is 1.68. The Morgan fingerprint density at radius 2 is 1.86 bits per heavy atom. The molecule has 3 rings (SSSR count). The van der Waals surface area contributed by atoms with E-state index in [1.807, 2.05) is 0 Å². The maximum atomic E-state index is 9.14. The molecule has 3 saturated heterocycles. The molecule has 3 heteroatoms. The van der Waals surface area contributed by atoms with Crippen LogP contribution in [0.4, 0.5) is 0 Å². The molecule has 0 amide bonds. The van der Waals surface area contributed by atoms with Crippen molar-refractivity contribution in [3.8, 4) is 0 Å². The van der Waals surface area contributed by atoms with Crippen LogP contribution in [0.5, 0.6) is 0 Å². The van der Waals surface area contributed by atoms with Crippen molar-refractivity contribution in [2.45, 2.75) is 76.8 Å². The van der Waals surface area contributed by atoms with Crippen molar-refractivity contribution in [2.75, 3.05) is 32.8 Å². The predicted octanol–water partition coefficient (Wildman–Crippen LogP) is 3.12. The van der Waals surface area contributed by atoms with Crippen LogP contribution in [0.15, 0.2) is 0 Å². The van der Waals surface area contributed by atoms with Crippen molar-refractivity contribution >= 4 is 0 Å². The largest absolute Gasteiger partial charge is 0.396 e. The SMILES string of the molecule is CCCCN1C[C@H]2CCCN3CCC[C@@H]([C@H]23)[C@H]1CCCCO. The van der Waals surface area contributed by atoms with Crippen LogP contribution in [-0.4, -0.2) is 59.8 Å². The lowest BCUT2D eigenvalue weighted by molar-refractivity contribution is -0.0785. The van der Waals surface area contributed by atoms with Gasteiger partial charge in [-0.2, -0.15) is 0 Å². The molecule has 3 nitrogen and oxygen atoms in total. The lowest BCUT2D eigenvalue weighted by atomic mass is 9.69. The van der Waals surface area contributed by atoms with E-state index in [1.165, 1.54) is 77.5 Å². The summed E-state index contributed by atoms with van der Waals surface area (Å²) in [5.74, 6) is 1.84. The van der Waals surface area contributed by atoms with Gasteiger partial charge in [0.15, 0.2) is 0 Å². The highest BCUT2D eigenvalue weighted by atomic mass is 16.2. The number of piperidine rings is 3. The third-order valence-corrected chi connectivity index (χ3v) is 6.49. The average molecular weight is 309 g/mol. The molecule has 0 bridgehead atoms. The summed E-state index contributed by atoms with van der Waals surface area (Å²) >= 11 is 0. The Labute approximate surface area is 137 Å². The van der Waals surface area contributed by atoms with Gasteiger partial charge in [0.1, 0.15) is 0 Å². The highest BCUT2D eigenvalue weighted by Gasteiger charge is 2.47. The third kappa shape index (κ3) is 3.52. The van der Waals surface area contributed by atoms with Crippen LogP contribution < -0.4 is 0 Å². The fourth-order valence-electron chi connectivity index (χ4n) is 5.56. The molecule has 1 N–H and O–H groups in total. The Morgan fingerprint density at radius 3 is 2.64 bits per heavy atom. The quantitative estimate of drug-likeness (QED) is 0.732. The molecule has 0 aromatic heterocycles. The first-order chi connectivity index (χ1) is 10.8. The van der Waals surface area contributed by atoms with Gasteiger partial charge in [0.25, 0.3) is 0 Å². The van der Waals surface area contributed by atoms with Crippen molar-refractivity contribution in [3.05, 3.63) is 0 Å². The van der Waals surface area contributed by atoms with E-state index in [-0.39, 0.29) is 0 Å². The van der Waals surface area contributed by atoms with Crippen molar-refractivity contribution in [1.82, 2.24) is 9.80 Å². The number of aliphatic hydroxyl groups is 1. The lowest BCUT2D eigenvalue weighted by Gasteiger charge is -2.57. The van der Waals surface area contributed by atoms with Crippen LogP contribution >= 0.6 is 0 Å². The lowest BCUT2D eigenvalue weighted by Crippen LogP contribution is -2.64. The van der Waals surface area contributed by atoms with Gasteiger partial charge in [-0.3, -0.25) is 9.80 Å². The molecule has 0 aliphatic carbocycles. The number of hydrogen-bond acceptors (Lipinski definition) is 3. The van der Waals surface area contributed by atoms with Crippen LogP contribution in [0.3, 0.4) is 0 Å². The van der Waals surface area contributed by atoms with Gasteiger partial charge >= 0.3 is 0 Å². The smallest absolute Gasteiger partial charge is 0.0431 e. The maximum Gasteiger partial charge on any atom is 0.0431 e. The summed E-state index contributed by atoms with van der Waals surface area (Å²) in [6.07, 6.45) is 11.9. The van der Waals surface area contributed by atoms with E-state index in [4.69, 9.17) is 5.11 Å². The highest BCUT2D eigenvalue weighted by Crippen LogP contribution is 2.43. The number of nitrogens with zero attached hydrogens (tertiary/aromatic N) is 2. The van der Waals surface area contributed by atoms with Crippen LogP contribution in [0.2, 0.25) is 0 Å². The zero-order chi connectivity index (χ0) is 15.4. The molecule has 0 aromatic rings. The van der Waals surface area contributed by atoms with E-state index in [1.54, 1.807) is 0 Å². The van der Waals surface area contributed by atoms with E-state index in [0.717, 1.165) is 30.3 Å². The van der Waals surface area contributed by atoms with Gasteiger partial charge in [0.2, 0.25) is 0 Å². The molecule has 4 atom stereocenters. The normalized spacial score (nSPS) is 36.3. The summed E-state index contributed by atoms with van der Waals surface area (Å²) in [7, 11) is 0. The number of aliphatic hydroxyl groups excluding tert-OH is 1. The van der Waals surface area contributed by atoms with E-state index < -0.39 is 0 Å². The highest BCUT2D eigenvalue weighted by molar-refractivity contribution is 5.02. The van der Waals surface area contributed by atoms with Crippen molar-refractivity contribution in [2.24, 2.45) is 11.8 Å². The number of hydrogen-bond donors (Lipinski definition) is 1. The fourth-order valence-corrected chi connectivity index (χ4v) is 5.56. The van der Waals surface area contributed by atoms with Gasteiger partial charge in [0, 0.05) is 25.2 Å². The molecular weight excluding hydrogens is 272 g/mol. The van der Waals surface area contributed by atoms with Crippen molar-refractivity contribution < 1.29 is 5.11 Å². The summed E-state index contributed by atoms with van der Waals surface area (Å²) < 4.78 is 0. The first-order valence-electron chi connectivity index (χ1n) is 9.94. The Kier molecular flexibility index (Phi) is 6.17. The molecular formula is C19H36N2O. The predicted molar refractivity (Wildman–Crippen MR) is 92.0 cm³/mol. The van der Waals surface area contributed by atoms with Crippen LogP contribution in [0.1, 0.15) is 64.7 Å². The Bertz CT molecular complexity index is 333. The van der Waals surface area contributed by atoms with Gasteiger partial charge in [-0.05, 0) is 82.8 Å². The second kappa shape index (κ2) is 8.12. The molecule has 0 saturated carbocycles. The Morgan fingerprint density at radius 1 is 1.05 bits per heavy atom. The zero-order valence-corrected chi connectivity index (χ0v) is 14.6. The molecule has 0 unspecified atom stereocenters. The van der Waals surface area contributed by atoms with Crippen LogP contribution in [0, 0.1) is 11.8 Å². The molecule has 128 valence electrons. The molecule has 0 radical (unpaired) electrons. The van der Waals surface area contributed by atoms with Gasteiger partial charge in [-0.15, -0.1) is 0 Å². The average Bonchev–Trinajstić information content (AvgIpc) is 2.55. The molecule has 0 spiro atoms. The van der Waals surface area contributed by atoms with E-state index in [9.17, 15) is 0 Å². The minimum absolute atomic E-state index is 0.366. The maximum absolute atomic E-state index is 9.14. The first kappa shape index (κ1) is 16.7. The van der Waals surface area contributed by atoms with E-state index in [2.05, 4.69) is 16.7 Å². The second-order valence-corrected chi connectivity index (χ2v) is 7.87. The van der Waals surface area contributed by atoms with Gasteiger partial charge in [-0.25, -0.2) is 0 Å². The van der Waals surface area contributed by atoms with Crippen LogP contribution in [0.25, 0.3) is 0 Å². The van der Waals surface area contributed by atoms with Crippen molar-refractivity contribution in [3.63, 3.8) is 0 Å². The summed E-state index contributed by atoms with van der Waals surface area (Å²) in [5, 5.41) is 9.14. The first-order valence-corrected chi connectivity index (χ1v) is 9.94. The van der Waals surface area contributed by atoms with Gasteiger partial charge < -0.3 is 5.11 Å². The molecule has 3 aliphatic heterocycles. The second-order valence-electron chi connectivity index (χ2n) is 7.87. The third-order valence-electron chi connectivity index (χ3n) is 6.49. The number of likely N-dealkylation sites (tertiary alicyclic amines) is 1. The minimum atomic E-state index is 0.366. The van der Waals surface area contributed by atoms with E-state index in [0.29, 0.717) is 6.61 Å². The topological polar surface area (TPSA) is 26.7 Å². The molecule has 3 fully saturated rings. The van der Waals surface area contributed by atoms with Gasteiger partial charge in [-0.1, -0.05) is 13.3 Å². The summed E-state index contributed by atoms with van der Waals surface area (Å²) in [6.45, 7) is 8.05. The Hall–Kier alpha value is -0.120. The summed E-state index contributed by atoms with van der Waals surface area (Å²) in [4.78, 5) is 5.71. The molecule has 0 aromatic carbocycles. The fraction of sp³-hybridized carbons (Fsp3) is 1.00. The molecule has 3 heterocycles. The van der Waals surface area contributed by atoms with E-state index >= 15 is 0 Å². The Balaban J connectivity index is 1.72. The number of unbranched alkanes of at least 4 members (excludes halogenated alkanes) is 2. The minimum Gasteiger partial charge on any atom is -0.396 e.